The van der Waals surface area contributed by atoms with E-state index in [1.165, 1.54) is 7.11 Å². The number of benzene rings is 3. The van der Waals surface area contributed by atoms with Crippen LogP contribution in [0, 0.1) is 6.92 Å². The van der Waals surface area contributed by atoms with Crippen LogP contribution in [0.1, 0.15) is 33.2 Å². The quantitative estimate of drug-likeness (QED) is 0.456. The van der Waals surface area contributed by atoms with E-state index >= 15 is 0 Å². The van der Waals surface area contributed by atoms with Crippen molar-refractivity contribution >= 4 is 29.2 Å². The summed E-state index contributed by atoms with van der Waals surface area (Å²) in [7, 11) is 1.45. The molecule has 0 spiro atoms. The molecule has 8 nitrogen and oxygen atoms in total. The number of hydrogen-bond acceptors (Lipinski definition) is 6. The Morgan fingerprint density at radius 1 is 0.853 bits per heavy atom. The van der Waals surface area contributed by atoms with Gasteiger partial charge in [0.25, 0.3) is 11.8 Å². The van der Waals surface area contributed by atoms with Gasteiger partial charge in [-0.1, -0.05) is 11.6 Å². The van der Waals surface area contributed by atoms with Gasteiger partial charge in [0.05, 0.1) is 13.7 Å². The molecule has 0 fully saturated rings. The number of aryl methyl sites for hydroxylation is 1. The zero-order valence-electron chi connectivity index (χ0n) is 19.2. The average molecular weight is 463 g/mol. The van der Waals surface area contributed by atoms with Gasteiger partial charge in [0.2, 0.25) is 0 Å². The number of amides is 2. The minimum Gasteiger partial charge on any atom is -0.496 e. The molecular formula is C26H26N2O6. The molecule has 3 aromatic carbocycles. The van der Waals surface area contributed by atoms with Gasteiger partial charge in [-0.15, -0.1) is 0 Å². The molecule has 34 heavy (non-hydrogen) atoms. The molecule has 0 unspecified atom stereocenters. The lowest BCUT2D eigenvalue weighted by atomic mass is 10.1. The van der Waals surface area contributed by atoms with E-state index in [0.717, 1.165) is 11.3 Å². The maximum Gasteiger partial charge on any atom is 0.342 e. The number of hydrogen-bond donors (Lipinski definition) is 2. The Bertz CT molecular complexity index is 1160. The smallest absolute Gasteiger partial charge is 0.342 e. The summed E-state index contributed by atoms with van der Waals surface area (Å²) in [6.45, 7) is 3.84. The summed E-state index contributed by atoms with van der Waals surface area (Å²) in [6.07, 6.45) is 0. The number of carbonyl (C=O) groups is 3. The first-order valence-corrected chi connectivity index (χ1v) is 10.7. The maximum atomic E-state index is 12.4. The van der Waals surface area contributed by atoms with Crippen LogP contribution in [0.15, 0.2) is 66.7 Å². The Morgan fingerprint density at radius 3 is 2.15 bits per heavy atom. The molecule has 0 atom stereocenters. The monoisotopic (exact) mass is 462 g/mol. The Labute approximate surface area is 197 Å². The minimum atomic E-state index is -0.656. The van der Waals surface area contributed by atoms with Crippen molar-refractivity contribution in [1.29, 1.82) is 0 Å². The molecular weight excluding hydrogens is 436 g/mol. The normalized spacial score (nSPS) is 10.2. The van der Waals surface area contributed by atoms with Gasteiger partial charge < -0.3 is 24.8 Å². The van der Waals surface area contributed by atoms with Crippen LogP contribution in [-0.4, -0.2) is 38.1 Å². The number of methoxy groups -OCH3 is 1. The summed E-state index contributed by atoms with van der Waals surface area (Å²) in [5.74, 6) is -0.356. The lowest BCUT2D eigenvalue weighted by Gasteiger charge is -2.10. The topological polar surface area (TPSA) is 103 Å². The maximum absolute atomic E-state index is 12.4. The van der Waals surface area contributed by atoms with Crippen LogP contribution in [-0.2, 0) is 9.53 Å². The van der Waals surface area contributed by atoms with Crippen molar-refractivity contribution in [1.82, 2.24) is 0 Å². The van der Waals surface area contributed by atoms with Gasteiger partial charge in [-0.25, -0.2) is 4.79 Å². The first-order chi connectivity index (χ1) is 16.4. The van der Waals surface area contributed by atoms with Gasteiger partial charge in [-0.05, 0) is 74.5 Å². The Hall–Kier alpha value is -4.33. The van der Waals surface area contributed by atoms with Crippen molar-refractivity contribution in [2.24, 2.45) is 0 Å². The number of rotatable bonds is 9. The fourth-order valence-electron chi connectivity index (χ4n) is 3.10. The van der Waals surface area contributed by atoms with Gasteiger partial charge in [0.1, 0.15) is 17.1 Å². The van der Waals surface area contributed by atoms with Crippen molar-refractivity contribution in [3.8, 4) is 11.5 Å². The first-order valence-electron chi connectivity index (χ1n) is 10.7. The zero-order valence-corrected chi connectivity index (χ0v) is 19.2. The van der Waals surface area contributed by atoms with Crippen LogP contribution in [0.4, 0.5) is 11.4 Å². The molecule has 0 bridgehead atoms. The van der Waals surface area contributed by atoms with Gasteiger partial charge in [-0.3, -0.25) is 9.59 Å². The van der Waals surface area contributed by atoms with Crippen molar-refractivity contribution in [3.05, 3.63) is 83.4 Å². The summed E-state index contributed by atoms with van der Waals surface area (Å²) in [4.78, 5) is 37.0. The molecule has 0 saturated heterocycles. The van der Waals surface area contributed by atoms with Gasteiger partial charge in [0.15, 0.2) is 6.61 Å². The van der Waals surface area contributed by atoms with Crippen LogP contribution in [0.5, 0.6) is 11.5 Å². The average Bonchev–Trinajstić information content (AvgIpc) is 2.84. The lowest BCUT2D eigenvalue weighted by Crippen LogP contribution is -2.21. The summed E-state index contributed by atoms with van der Waals surface area (Å²) >= 11 is 0. The van der Waals surface area contributed by atoms with E-state index in [4.69, 9.17) is 14.2 Å². The lowest BCUT2D eigenvalue weighted by molar-refractivity contribution is -0.119. The summed E-state index contributed by atoms with van der Waals surface area (Å²) in [5.41, 5.74) is 2.64. The Kier molecular flexibility index (Phi) is 8.23. The number of anilines is 2. The molecule has 3 aromatic rings. The van der Waals surface area contributed by atoms with Crippen LogP contribution < -0.4 is 20.1 Å². The van der Waals surface area contributed by atoms with E-state index < -0.39 is 18.5 Å². The molecule has 3 rings (SSSR count). The third kappa shape index (κ3) is 6.59. The SMILES string of the molecule is CCOc1ccc(NC(=O)c2ccc(NC(=O)COC(=O)c3cc(C)ccc3OC)cc2)cc1. The highest BCUT2D eigenvalue weighted by atomic mass is 16.5. The van der Waals surface area contributed by atoms with E-state index in [2.05, 4.69) is 10.6 Å². The van der Waals surface area contributed by atoms with Gasteiger partial charge in [-0.2, -0.15) is 0 Å². The van der Waals surface area contributed by atoms with Gasteiger partial charge >= 0.3 is 5.97 Å². The molecule has 176 valence electrons. The van der Waals surface area contributed by atoms with E-state index in [1.54, 1.807) is 60.7 Å². The highest BCUT2D eigenvalue weighted by Crippen LogP contribution is 2.21. The van der Waals surface area contributed by atoms with Crippen LogP contribution in [0.3, 0.4) is 0 Å². The number of nitrogens with one attached hydrogen (secondary N) is 2. The summed E-state index contributed by atoms with van der Waals surface area (Å²) < 4.78 is 15.7. The van der Waals surface area contributed by atoms with Crippen LogP contribution >= 0.6 is 0 Å². The molecule has 8 heteroatoms. The van der Waals surface area contributed by atoms with E-state index in [1.807, 2.05) is 19.9 Å². The second-order valence-electron chi connectivity index (χ2n) is 7.32. The largest absolute Gasteiger partial charge is 0.496 e. The van der Waals surface area contributed by atoms with E-state index in [-0.39, 0.29) is 11.5 Å². The standard InChI is InChI=1S/C26H26N2O6/c1-4-33-21-12-10-20(11-13-21)28-25(30)18-6-8-19(9-7-18)27-24(29)16-34-26(31)22-15-17(2)5-14-23(22)32-3/h5-15H,4,16H2,1-3H3,(H,27,29)(H,28,30). The molecule has 2 N–H and O–H groups in total. The Balaban J connectivity index is 1.52. The predicted octanol–water partition coefficient (Wildman–Crippen LogP) is 4.45. The molecule has 0 aliphatic rings. The first kappa shape index (κ1) is 24.3. The second kappa shape index (κ2) is 11.5. The number of ether oxygens (including phenoxy) is 3. The van der Waals surface area contributed by atoms with E-state index in [0.29, 0.717) is 29.3 Å². The molecule has 0 aromatic heterocycles. The van der Waals surface area contributed by atoms with Gasteiger partial charge in [0, 0.05) is 16.9 Å². The Morgan fingerprint density at radius 2 is 1.50 bits per heavy atom. The molecule has 0 aliphatic carbocycles. The third-order valence-corrected chi connectivity index (χ3v) is 4.76. The summed E-state index contributed by atoms with van der Waals surface area (Å²) in [5, 5.41) is 5.43. The van der Waals surface area contributed by atoms with E-state index in [9.17, 15) is 14.4 Å². The summed E-state index contributed by atoms with van der Waals surface area (Å²) in [6, 6.07) is 18.5. The fraction of sp³-hybridized carbons (Fsp3) is 0.192. The molecule has 2 amide bonds. The number of carbonyl (C=O) groups excluding carboxylic acids is 3. The highest BCUT2D eigenvalue weighted by Gasteiger charge is 2.16. The number of esters is 1. The molecule has 0 saturated carbocycles. The van der Waals surface area contributed by atoms with Crippen LogP contribution in [0.25, 0.3) is 0 Å². The van der Waals surface area contributed by atoms with Crippen molar-refractivity contribution in [2.45, 2.75) is 13.8 Å². The molecule has 0 heterocycles. The highest BCUT2D eigenvalue weighted by molar-refractivity contribution is 6.04. The van der Waals surface area contributed by atoms with Crippen LogP contribution in [0.2, 0.25) is 0 Å². The molecule has 0 aliphatic heterocycles. The van der Waals surface area contributed by atoms with Crippen molar-refractivity contribution < 1.29 is 28.6 Å². The minimum absolute atomic E-state index is 0.248. The third-order valence-electron chi connectivity index (χ3n) is 4.76. The van der Waals surface area contributed by atoms with Crippen molar-refractivity contribution in [2.75, 3.05) is 31.0 Å². The fourth-order valence-corrected chi connectivity index (χ4v) is 3.10. The predicted molar refractivity (Wildman–Crippen MR) is 129 cm³/mol. The zero-order chi connectivity index (χ0) is 24.5. The molecule has 0 radical (unpaired) electrons. The van der Waals surface area contributed by atoms with Crippen molar-refractivity contribution in [3.63, 3.8) is 0 Å². The second-order valence-corrected chi connectivity index (χ2v) is 7.32.